The quantitative estimate of drug-likeness (QED) is 0.634. The molecule has 3 heterocycles. The molecule has 0 aliphatic carbocycles. The third-order valence-corrected chi connectivity index (χ3v) is 6.46. The Bertz CT molecular complexity index is 1030. The molecule has 1 aliphatic heterocycles. The van der Waals surface area contributed by atoms with Crippen LogP contribution in [0.25, 0.3) is 16.6 Å². The Kier molecular flexibility index (Phi) is 4.84. The first-order chi connectivity index (χ1) is 13.0. The van der Waals surface area contributed by atoms with E-state index in [-0.39, 0.29) is 5.91 Å². The van der Waals surface area contributed by atoms with Crippen LogP contribution >= 0.6 is 11.8 Å². The summed E-state index contributed by atoms with van der Waals surface area (Å²) in [7, 11) is 0. The van der Waals surface area contributed by atoms with E-state index in [1.165, 1.54) is 34.7 Å². The van der Waals surface area contributed by atoms with Crippen molar-refractivity contribution in [3.05, 3.63) is 34.9 Å². The Labute approximate surface area is 164 Å². The number of likely N-dealkylation sites (tertiary alicyclic amines) is 1. The van der Waals surface area contributed by atoms with Crippen LogP contribution in [0.3, 0.4) is 0 Å². The van der Waals surface area contributed by atoms with Gasteiger partial charge in [0.05, 0.1) is 11.3 Å². The second-order valence-electron chi connectivity index (χ2n) is 7.70. The largest absolute Gasteiger partial charge is 0.339 e. The summed E-state index contributed by atoms with van der Waals surface area (Å²) in [4.78, 5) is 14.8. The number of piperidine rings is 1. The van der Waals surface area contributed by atoms with Crippen molar-refractivity contribution >= 4 is 34.2 Å². The summed E-state index contributed by atoms with van der Waals surface area (Å²) in [5.74, 6) is 0.610. The molecule has 1 saturated heterocycles. The van der Waals surface area contributed by atoms with Gasteiger partial charge in [-0.2, -0.15) is 0 Å². The Hall–Kier alpha value is -2.08. The molecular weight excluding hydrogens is 356 g/mol. The summed E-state index contributed by atoms with van der Waals surface area (Å²) in [5, 5.41) is 10.8. The van der Waals surface area contributed by atoms with Gasteiger partial charge in [0.15, 0.2) is 10.8 Å². The van der Waals surface area contributed by atoms with Crippen LogP contribution in [0, 0.1) is 20.8 Å². The van der Waals surface area contributed by atoms with E-state index in [4.69, 9.17) is 0 Å². The van der Waals surface area contributed by atoms with Crippen molar-refractivity contribution < 1.29 is 4.79 Å². The van der Waals surface area contributed by atoms with Crippen molar-refractivity contribution in [1.29, 1.82) is 0 Å². The number of amides is 1. The number of carbonyl (C=O) groups is 1. The van der Waals surface area contributed by atoms with Crippen LogP contribution < -0.4 is 0 Å². The Morgan fingerprint density at radius 2 is 1.96 bits per heavy atom. The first-order valence-corrected chi connectivity index (χ1v) is 10.6. The maximum absolute atomic E-state index is 12.7. The normalized spacial score (nSPS) is 17.8. The van der Waals surface area contributed by atoms with E-state index in [0.717, 1.165) is 41.3 Å². The molecular formula is C21H26N4OS. The highest BCUT2D eigenvalue weighted by Crippen LogP contribution is 2.29. The fourth-order valence-electron chi connectivity index (χ4n) is 4.12. The molecule has 0 unspecified atom stereocenters. The van der Waals surface area contributed by atoms with Crippen molar-refractivity contribution in [3.8, 4) is 0 Å². The first-order valence-electron chi connectivity index (χ1n) is 9.63. The summed E-state index contributed by atoms with van der Waals surface area (Å²) in [5.41, 5.74) is 5.55. The van der Waals surface area contributed by atoms with Crippen LogP contribution in [0.1, 0.15) is 42.9 Å². The molecule has 1 atom stereocenters. The lowest BCUT2D eigenvalue weighted by Gasteiger charge is -2.33. The predicted octanol–water partition coefficient (Wildman–Crippen LogP) is 4.30. The van der Waals surface area contributed by atoms with E-state index in [9.17, 15) is 4.79 Å². The van der Waals surface area contributed by atoms with Gasteiger partial charge in [-0.25, -0.2) is 0 Å². The SMILES string of the molecule is Cc1cc(C)c2cc(C)c3nnc(SCC(=O)N4CCCC[C@H]4C)n3c2c1. The maximum atomic E-state index is 12.7. The molecule has 1 aromatic carbocycles. The molecule has 1 amide bonds. The van der Waals surface area contributed by atoms with Crippen LogP contribution in [0.15, 0.2) is 23.4 Å². The summed E-state index contributed by atoms with van der Waals surface area (Å²) >= 11 is 1.49. The number of pyridine rings is 1. The van der Waals surface area contributed by atoms with Crippen LogP contribution in [-0.4, -0.2) is 43.7 Å². The number of carbonyl (C=O) groups excluding carboxylic acids is 1. The van der Waals surface area contributed by atoms with E-state index >= 15 is 0 Å². The lowest BCUT2D eigenvalue weighted by molar-refractivity contribution is -0.131. The van der Waals surface area contributed by atoms with Gasteiger partial charge in [-0.3, -0.25) is 9.20 Å². The molecule has 5 nitrogen and oxygen atoms in total. The second kappa shape index (κ2) is 7.15. The van der Waals surface area contributed by atoms with Gasteiger partial charge in [-0.15, -0.1) is 10.2 Å². The number of fused-ring (bicyclic) bond motifs is 3. The molecule has 4 rings (SSSR count). The average molecular weight is 383 g/mol. The number of nitrogens with zero attached hydrogens (tertiary/aromatic N) is 4. The lowest BCUT2D eigenvalue weighted by atomic mass is 10.0. The van der Waals surface area contributed by atoms with Gasteiger partial charge in [-0.1, -0.05) is 17.8 Å². The van der Waals surface area contributed by atoms with Crippen LogP contribution in [-0.2, 0) is 4.79 Å². The Morgan fingerprint density at radius 3 is 2.74 bits per heavy atom. The zero-order valence-electron chi connectivity index (χ0n) is 16.5. The van der Waals surface area contributed by atoms with Crippen molar-refractivity contribution in [2.75, 3.05) is 12.3 Å². The van der Waals surface area contributed by atoms with Crippen LogP contribution in [0.4, 0.5) is 0 Å². The molecule has 3 aromatic rings. The number of aromatic nitrogens is 3. The molecule has 1 aliphatic rings. The maximum Gasteiger partial charge on any atom is 0.233 e. The van der Waals surface area contributed by atoms with Crippen molar-refractivity contribution in [2.24, 2.45) is 0 Å². The number of hydrogen-bond donors (Lipinski definition) is 0. The summed E-state index contributed by atoms with van der Waals surface area (Å²) in [6, 6.07) is 6.90. The molecule has 142 valence electrons. The van der Waals surface area contributed by atoms with E-state index in [2.05, 4.69) is 60.5 Å². The minimum absolute atomic E-state index is 0.202. The van der Waals surface area contributed by atoms with E-state index in [1.54, 1.807) is 0 Å². The topological polar surface area (TPSA) is 50.5 Å². The van der Waals surface area contributed by atoms with Gasteiger partial charge >= 0.3 is 0 Å². The molecule has 0 radical (unpaired) electrons. The highest BCUT2D eigenvalue weighted by molar-refractivity contribution is 7.99. The van der Waals surface area contributed by atoms with E-state index in [1.807, 2.05) is 4.90 Å². The zero-order chi connectivity index (χ0) is 19.1. The number of rotatable bonds is 3. The Balaban J connectivity index is 1.69. The Morgan fingerprint density at radius 1 is 1.15 bits per heavy atom. The highest BCUT2D eigenvalue weighted by atomic mass is 32.2. The van der Waals surface area contributed by atoms with Gasteiger partial charge in [0.1, 0.15) is 0 Å². The van der Waals surface area contributed by atoms with Crippen molar-refractivity contribution in [2.45, 2.75) is 58.2 Å². The minimum atomic E-state index is 0.202. The fraction of sp³-hybridized carbons (Fsp3) is 0.476. The number of benzene rings is 1. The smallest absolute Gasteiger partial charge is 0.233 e. The predicted molar refractivity (Wildman–Crippen MR) is 110 cm³/mol. The summed E-state index contributed by atoms with van der Waals surface area (Å²) in [6.45, 7) is 9.34. The molecule has 2 aromatic heterocycles. The second-order valence-corrected chi connectivity index (χ2v) is 8.65. The lowest BCUT2D eigenvalue weighted by Crippen LogP contribution is -2.42. The molecule has 0 saturated carbocycles. The van der Waals surface area contributed by atoms with Crippen molar-refractivity contribution in [1.82, 2.24) is 19.5 Å². The number of thioether (sulfide) groups is 1. The number of hydrogen-bond acceptors (Lipinski definition) is 4. The average Bonchev–Trinajstić information content (AvgIpc) is 3.06. The highest BCUT2D eigenvalue weighted by Gasteiger charge is 2.24. The van der Waals surface area contributed by atoms with Crippen LogP contribution in [0.5, 0.6) is 0 Å². The molecule has 0 spiro atoms. The first kappa shape index (κ1) is 18.3. The fourth-order valence-corrected chi connectivity index (χ4v) is 4.95. The molecule has 27 heavy (non-hydrogen) atoms. The minimum Gasteiger partial charge on any atom is -0.339 e. The van der Waals surface area contributed by atoms with Gasteiger partial charge in [0, 0.05) is 18.0 Å². The van der Waals surface area contributed by atoms with E-state index < -0.39 is 0 Å². The van der Waals surface area contributed by atoms with Gasteiger partial charge < -0.3 is 4.90 Å². The van der Waals surface area contributed by atoms with Crippen molar-refractivity contribution in [3.63, 3.8) is 0 Å². The molecule has 0 N–H and O–H groups in total. The standard InChI is InChI=1S/C21H26N4OS/c1-13-9-14(2)17-11-15(3)20-22-23-21(25(20)18(17)10-13)27-12-19(26)24-8-6-5-7-16(24)4/h9-11,16H,5-8,12H2,1-4H3/t16-/m1/s1. The third kappa shape index (κ3) is 3.31. The monoisotopic (exact) mass is 382 g/mol. The molecule has 0 bridgehead atoms. The third-order valence-electron chi connectivity index (χ3n) is 5.55. The summed E-state index contributed by atoms with van der Waals surface area (Å²) < 4.78 is 2.11. The zero-order valence-corrected chi connectivity index (χ0v) is 17.3. The van der Waals surface area contributed by atoms with Gasteiger partial charge in [-0.05, 0) is 75.8 Å². The van der Waals surface area contributed by atoms with Gasteiger partial charge in [0.25, 0.3) is 0 Å². The summed E-state index contributed by atoms with van der Waals surface area (Å²) in [6.07, 6.45) is 3.43. The van der Waals surface area contributed by atoms with Crippen LogP contribution in [0.2, 0.25) is 0 Å². The number of aryl methyl sites for hydroxylation is 3. The van der Waals surface area contributed by atoms with E-state index in [0.29, 0.717) is 11.8 Å². The van der Waals surface area contributed by atoms with Gasteiger partial charge in [0.2, 0.25) is 5.91 Å². The molecule has 1 fully saturated rings. The molecule has 6 heteroatoms.